The van der Waals surface area contributed by atoms with Gasteiger partial charge < -0.3 is 14.4 Å². The van der Waals surface area contributed by atoms with Crippen LogP contribution in [0, 0.1) is 0 Å². The van der Waals surface area contributed by atoms with Gasteiger partial charge in [0, 0.05) is 30.6 Å². The molecule has 7 nitrogen and oxygen atoms in total. The van der Waals surface area contributed by atoms with E-state index in [0.717, 1.165) is 54.9 Å². The van der Waals surface area contributed by atoms with Crippen molar-refractivity contribution in [3.05, 3.63) is 53.9 Å². The topological polar surface area (TPSA) is 67.2 Å². The van der Waals surface area contributed by atoms with Crippen LogP contribution in [0.1, 0.15) is 40.9 Å². The van der Waals surface area contributed by atoms with Gasteiger partial charge in [-0.15, -0.1) is 10.2 Å². The lowest BCUT2D eigenvalue weighted by molar-refractivity contribution is 0.0701. The Morgan fingerprint density at radius 1 is 1.04 bits per heavy atom. The van der Waals surface area contributed by atoms with Gasteiger partial charge in [0.05, 0.1) is 6.54 Å². The summed E-state index contributed by atoms with van der Waals surface area (Å²) in [6.07, 6.45) is 3.95. The minimum atomic E-state index is -0.0353. The van der Waals surface area contributed by atoms with E-state index in [0.29, 0.717) is 24.7 Å². The van der Waals surface area contributed by atoms with Gasteiger partial charge >= 0.3 is 0 Å². The van der Waals surface area contributed by atoms with Gasteiger partial charge in [0.15, 0.2) is 5.82 Å². The Kier molecular flexibility index (Phi) is 4.31. The third-order valence-corrected chi connectivity index (χ3v) is 6.03. The maximum absolute atomic E-state index is 13.2. The summed E-state index contributed by atoms with van der Waals surface area (Å²) in [5.74, 6) is 2.42. The van der Waals surface area contributed by atoms with E-state index in [1.54, 1.807) is 6.20 Å². The number of amides is 1. The van der Waals surface area contributed by atoms with Gasteiger partial charge in [0.2, 0.25) is 0 Å². The Labute approximate surface area is 164 Å². The van der Waals surface area contributed by atoms with E-state index in [-0.39, 0.29) is 5.91 Å². The zero-order valence-electron chi connectivity index (χ0n) is 16.1. The van der Waals surface area contributed by atoms with E-state index in [1.165, 1.54) is 0 Å². The monoisotopic (exact) mass is 376 g/mol. The first-order valence-electron chi connectivity index (χ1n) is 9.94. The molecule has 0 N–H and O–H groups in total. The number of piperidine rings is 1. The molecular formula is C21H24N6O. The predicted octanol–water partition coefficient (Wildman–Crippen LogP) is 2.29. The molecule has 3 aromatic rings. The SMILES string of the molecule is CN1CCC(c2nnc3n2CCN(C(=O)c2nccc4ccccc24)C3)CC1. The average Bonchev–Trinajstić information content (AvgIpc) is 3.16. The van der Waals surface area contributed by atoms with Crippen LogP contribution in [-0.2, 0) is 13.1 Å². The summed E-state index contributed by atoms with van der Waals surface area (Å²) in [5.41, 5.74) is 0.515. The molecule has 5 rings (SSSR count). The molecule has 1 saturated heterocycles. The van der Waals surface area contributed by atoms with Gasteiger partial charge in [-0.05, 0) is 44.4 Å². The summed E-state index contributed by atoms with van der Waals surface area (Å²) in [6, 6.07) is 9.83. The lowest BCUT2D eigenvalue weighted by Gasteiger charge is -2.31. The fourth-order valence-electron chi connectivity index (χ4n) is 4.36. The molecule has 0 bridgehead atoms. The lowest BCUT2D eigenvalue weighted by Crippen LogP contribution is -2.39. The van der Waals surface area contributed by atoms with Crippen molar-refractivity contribution in [1.29, 1.82) is 0 Å². The minimum Gasteiger partial charge on any atom is -0.328 e. The molecule has 2 aromatic heterocycles. The van der Waals surface area contributed by atoms with Gasteiger partial charge in [-0.2, -0.15) is 0 Å². The quantitative estimate of drug-likeness (QED) is 0.687. The first kappa shape index (κ1) is 17.3. The molecule has 144 valence electrons. The Hall–Kier alpha value is -2.80. The number of pyridine rings is 1. The molecule has 28 heavy (non-hydrogen) atoms. The normalized spacial score (nSPS) is 18.4. The standard InChI is InChI=1S/C21H24N6O/c1-25-10-7-16(8-11-25)20-24-23-18-14-26(12-13-27(18)20)21(28)19-17-5-3-2-4-15(17)6-9-22-19/h2-6,9,16H,7-8,10-14H2,1H3. The molecule has 1 fully saturated rings. The third-order valence-electron chi connectivity index (χ3n) is 6.03. The molecule has 1 amide bonds. The predicted molar refractivity (Wildman–Crippen MR) is 106 cm³/mol. The fraction of sp³-hybridized carbons (Fsp3) is 0.429. The second-order valence-corrected chi connectivity index (χ2v) is 7.81. The minimum absolute atomic E-state index is 0.0353. The largest absolute Gasteiger partial charge is 0.328 e. The van der Waals surface area contributed by atoms with E-state index in [4.69, 9.17) is 0 Å². The Balaban J connectivity index is 1.38. The van der Waals surface area contributed by atoms with Crippen molar-refractivity contribution in [1.82, 2.24) is 29.5 Å². The summed E-state index contributed by atoms with van der Waals surface area (Å²) in [7, 11) is 2.17. The zero-order valence-corrected chi connectivity index (χ0v) is 16.1. The lowest BCUT2D eigenvalue weighted by atomic mass is 9.96. The molecule has 1 aromatic carbocycles. The van der Waals surface area contributed by atoms with Crippen LogP contribution in [0.2, 0.25) is 0 Å². The summed E-state index contributed by atoms with van der Waals surface area (Å²) < 4.78 is 2.23. The molecule has 0 saturated carbocycles. The molecule has 0 atom stereocenters. The van der Waals surface area contributed by atoms with Crippen molar-refractivity contribution in [3.8, 4) is 0 Å². The van der Waals surface area contributed by atoms with Crippen LogP contribution in [0.3, 0.4) is 0 Å². The Morgan fingerprint density at radius 3 is 2.71 bits per heavy atom. The molecule has 0 aliphatic carbocycles. The summed E-state index contributed by atoms with van der Waals surface area (Å²) in [4.78, 5) is 21.8. The molecule has 0 spiro atoms. The van der Waals surface area contributed by atoms with Gasteiger partial charge in [-0.25, -0.2) is 0 Å². The number of carbonyl (C=O) groups is 1. The second-order valence-electron chi connectivity index (χ2n) is 7.81. The number of likely N-dealkylation sites (tertiary alicyclic amines) is 1. The Morgan fingerprint density at radius 2 is 1.86 bits per heavy atom. The maximum Gasteiger partial charge on any atom is 0.273 e. The van der Waals surface area contributed by atoms with Gasteiger partial charge in [0.25, 0.3) is 5.91 Å². The van der Waals surface area contributed by atoms with Crippen LogP contribution in [0.5, 0.6) is 0 Å². The van der Waals surface area contributed by atoms with Crippen molar-refractivity contribution in [2.24, 2.45) is 0 Å². The van der Waals surface area contributed by atoms with E-state index in [9.17, 15) is 4.79 Å². The van der Waals surface area contributed by atoms with E-state index in [2.05, 4.69) is 31.7 Å². The number of nitrogens with zero attached hydrogens (tertiary/aromatic N) is 6. The van der Waals surface area contributed by atoms with Crippen LogP contribution in [0.25, 0.3) is 10.8 Å². The molecular weight excluding hydrogens is 352 g/mol. The highest BCUT2D eigenvalue weighted by Gasteiger charge is 2.30. The van der Waals surface area contributed by atoms with Crippen molar-refractivity contribution >= 4 is 16.7 Å². The van der Waals surface area contributed by atoms with Crippen LogP contribution in [0.4, 0.5) is 0 Å². The van der Waals surface area contributed by atoms with Crippen LogP contribution in [-0.4, -0.2) is 62.1 Å². The smallest absolute Gasteiger partial charge is 0.273 e. The highest BCUT2D eigenvalue weighted by atomic mass is 16.2. The number of fused-ring (bicyclic) bond motifs is 2. The highest BCUT2D eigenvalue weighted by Crippen LogP contribution is 2.28. The molecule has 2 aliphatic heterocycles. The number of hydrogen-bond acceptors (Lipinski definition) is 5. The molecule has 4 heterocycles. The van der Waals surface area contributed by atoms with Gasteiger partial charge in [-0.1, -0.05) is 24.3 Å². The summed E-state index contributed by atoms with van der Waals surface area (Å²) >= 11 is 0. The van der Waals surface area contributed by atoms with E-state index >= 15 is 0 Å². The third kappa shape index (κ3) is 2.96. The van der Waals surface area contributed by atoms with E-state index < -0.39 is 0 Å². The molecule has 0 unspecified atom stereocenters. The molecule has 7 heteroatoms. The first-order valence-corrected chi connectivity index (χ1v) is 9.94. The van der Waals surface area contributed by atoms with Crippen molar-refractivity contribution in [2.75, 3.05) is 26.7 Å². The number of rotatable bonds is 2. The first-order chi connectivity index (χ1) is 13.7. The molecule has 0 radical (unpaired) electrons. The Bertz CT molecular complexity index is 1020. The summed E-state index contributed by atoms with van der Waals surface area (Å²) in [5, 5.41) is 10.9. The number of benzene rings is 1. The summed E-state index contributed by atoms with van der Waals surface area (Å²) in [6.45, 7) is 4.10. The van der Waals surface area contributed by atoms with Crippen LogP contribution < -0.4 is 0 Å². The number of carbonyl (C=O) groups excluding carboxylic acids is 1. The van der Waals surface area contributed by atoms with E-state index in [1.807, 2.05) is 35.2 Å². The maximum atomic E-state index is 13.2. The fourth-order valence-corrected chi connectivity index (χ4v) is 4.36. The van der Waals surface area contributed by atoms with Crippen LogP contribution >= 0.6 is 0 Å². The number of aromatic nitrogens is 4. The average molecular weight is 376 g/mol. The highest BCUT2D eigenvalue weighted by molar-refractivity contribution is 6.05. The van der Waals surface area contributed by atoms with Gasteiger partial charge in [0.1, 0.15) is 11.5 Å². The number of hydrogen-bond donors (Lipinski definition) is 0. The van der Waals surface area contributed by atoms with Crippen molar-refractivity contribution in [2.45, 2.75) is 31.8 Å². The molecule has 2 aliphatic rings. The zero-order chi connectivity index (χ0) is 19.1. The van der Waals surface area contributed by atoms with Crippen LogP contribution in [0.15, 0.2) is 36.5 Å². The second kappa shape index (κ2) is 6.98. The van der Waals surface area contributed by atoms with Gasteiger partial charge in [-0.3, -0.25) is 9.78 Å². The van der Waals surface area contributed by atoms with Crippen molar-refractivity contribution in [3.63, 3.8) is 0 Å². The van der Waals surface area contributed by atoms with Crippen molar-refractivity contribution < 1.29 is 4.79 Å².